The third-order valence-corrected chi connectivity index (χ3v) is 3.09. The number of carbonyl (C=O) groups is 1. The fraction of sp³-hybridized carbons (Fsp3) is 0.636. The summed E-state index contributed by atoms with van der Waals surface area (Å²) in [4.78, 5) is 12.0. The number of carbonyl (C=O) groups excluding carboxylic acids is 1. The molecule has 0 bridgehead atoms. The van der Waals surface area contributed by atoms with Crippen LogP contribution in [0.3, 0.4) is 0 Å². The molecule has 1 saturated heterocycles. The molecule has 0 spiro atoms. The van der Waals surface area contributed by atoms with Crippen LogP contribution in [0, 0.1) is 0 Å². The first-order chi connectivity index (χ1) is 8.22. The van der Waals surface area contributed by atoms with Gasteiger partial charge in [0.05, 0.1) is 12.1 Å². The fourth-order valence-electron chi connectivity index (χ4n) is 1.98. The Kier molecular flexibility index (Phi) is 3.75. The van der Waals surface area contributed by atoms with Gasteiger partial charge in [-0.05, 0) is 13.0 Å². The number of methoxy groups -OCH3 is 1. The number of aromatic nitrogens is 2. The van der Waals surface area contributed by atoms with Crippen LogP contribution in [-0.4, -0.2) is 48.0 Å². The second-order valence-corrected chi connectivity index (χ2v) is 4.21. The first-order valence-corrected chi connectivity index (χ1v) is 5.75. The standard InChI is InChI=1S/C11H18N4O2/c1-8(15-5-3-4-13-15)11(16)14-9-6-12-7-10(9)17-2/h3-5,8-10,12H,6-7H2,1-2H3,(H,14,16)/t8?,9?,10-/m0/s1. The van der Waals surface area contributed by atoms with Crippen LogP contribution in [0.1, 0.15) is 13.0 Å². The van der Waals surface area contributed by atoms with Crippen molar-refractivity contribution in [2.45, 2.75) is 25.1 Å². The SMILES string of the molecule is CO[C@H]1CNCC1NC(=O)C(C)n1cccn1. The van der Waals surface area contributed by atoms with Crippen molar-refractivity contribution in [2.75, 3.05) is 20.2 Å². The molecule has 0 aromatic carbocycles. The minimum atomic E-state index is -0.303. The molecule has 2 rings (SSSR count). The van der Waals surface area contributed by atoms with Crippen LogP contribution in [0.5, 0.6) is 0 Å². The number of nitrogens with zero attached hydrogens (tertiary/aromatic N) is 2. The Bertz CT molecular complexity index is 366. The minimum Gasteiger partial charge on any atom is -0.378 e. The van der Waals surface area contributed by atoms with Gasteiger partial charge in [-0.15, -0.1) is 0 Å². The molecule has 1 fully saturated rings. The second-order valence-electron chi connectivity index (χ2n) is 4.21. The number of amides is 1. The van der Waals surface area contributed by atoms with Gasteiger partial charge < -0.3 is 15.4 Å². The van der Waals surface area contributed by atoms with E-state index in [2.05, 4.69) is 15.7 Å². The summed E-state index contributed by atoms with van der Waals surface area (Å²) in [7, 11) is 1.66. The maximum atomic E-state index is 12.0. The monoisotopic (exact) mass is 238 g/mol. The molecule has 6 nitrogen and oxygen atoms in total. The average Bonchev–Trinajstić information content (AvgIpc) is 2.98. The summed E-state index contributed by atoms with van der Waals surface area (Å²) in [6.07, 6.45) is 3.49. The Morgan fingerprint density at radius 2 is 2.47 bits per heavy atom. The van der Waals surface area contributed by atoms with Crippen molar-refractivity contribution in [3.8, 4) is 0 Å². The summed E-state index contributed by atoms with van der Waals surface area (Å²) in [6, 6.07) is 1.53. The number of hydrogen-bond acceptors (Lipinski definition) is 4. The summed E-state index contributed by atoms with van der Waals surface area (Å²) in [5, 5.41) is 10.2. The van der Waals surface area contributed by atoms with Crippen LogP contribution in [-0.2, 0) is 9.53 Å². The summed E-state index contributed by atoms with van der Waals surface area (Å²) in [6.45, 7) is 3.35. The van der Waals surface area contributed by atoms with Crippen molar-refractivity contribution in [2.24, 2.45) is 0 Å². The Morgan fingerprint density at radius 3 is 3.12 bits per heavy atom. The average molecular weight is 238 g/mol. The van der Waals surface area contributed by atoms with Gasteiger partial charge in [-0.3, -0.25) is 9.48 Å². The van der Waals surface area contributed by atoms with Crippen molar-refractivity contribution in [3.05, 3.63) is 18.5 Å². The third kappa shape index (κ3) is 2.65. The Hall–Kier alpha value is -1.40. The van der Waals surface area contributed by atoms with Crippen molar-refractivity contribution >= 4 is 5.91 Å². The molecule has 3 atom stereocenters. The van der Waals surface area contributed by atoms with Gasteiger partial charge in [0.2, 0.25) is 5.91 Å². The van der Waals surface area contributed by atoms with Gasteiger partial charge in [-0.25, -0.2) is 0 Å². The van der Waals surface area contributed by atoms with Gasteiger partial charge in [0, 0.05) is 32.6 Å². The molecule has 0 radical (unpaired) electrons. The van der Waals surface area contributed by atoms with E-state index < -0.39 is 0 Å². The highest BCUT2D eigenvalue weighted by Crippen LogP contribution is 2.08. The van der Waals surface area contributed by atoms with Crippen LogP contribution >= 0.6 is 0 Å². The smallest absolute Gasteiger partial charge is 0.244 e. The normalized spacial score (nSPS) is 25.8. The first-order valence-electron chi connectivity index (χ1n) is 5.75. The van der Waals surface area contributed by atoms with Gasteiger partial charge in [-0.1, -0.05) is 0 Å². The van der Waals surface area contributed by atoms with Gasteiger partial charge in [0.25, 0.3) is 0 Å². The maximum Gasteiger partial charge on any atom is 0.244 e. The topological polar surface area (TPSA) is 68.2 Å². The number of ether oxygens (including phenoxy) is 1. The Labute approximate surface area is 100 Å². The molecule has 1 amide bonds. The summed E-state index contributed by atoms with van der Waals surface area (Å²) < 4.78 is 6.93. The molecule has 0 saturated carbocycles. The molecule has 17 heavy (non-hydrogen) atoms. The lowest BCUT2D eigenvalue weighted by atomic mass is 10.2. The Balaban J connectivity index is 1.92. The first kappa shape index (κ1) is 12.1. The lowest BCUT2D eigenvalue weighted by Gasteiger charge is -2.21. The number of hydrogen-bond donors (Lipinski definition) is 2. The zero-order valence-electron chi connectivity index (χ0n) is 10.1. The van der Waals surface area contributed by atoms with E-state index in [4.69, 9.17) is 4.74 Å². The van der Waals surface area contributed by atoms with E-state index in [1.54, 1.807) is 30.3 Å². The summed E-state index contributed by atoms with van der Waals surface area (Å²) >= 11 is 0. The minimum absolute atomic E-state index is 0.0329. The van der Waals surface area contributed by atoms with E-state index in [1.165, 1.54) is 0 Å². The van der Waals surface area contributed by atoms with Crippen molar-refractivity contribution in [3.63, 3.8) is 0 Å². The third-order valence-electron chi connectivity index (χ3n) is 3.09. The van der Waals surface area contributed by atoms with E-state index in [-0.39, 0.29) is 24.1 Å². The van der Waals surface area contributed by atoms with Crippen LogP contribution in [0.25, 0.3) is 0 Å². The van der Waals surface area contributed by atoms with Gasteiger partial charge in [0.1, 0.15) is 6.04 Å². The van der Waals surface area contributed by atoms with Crippen molar-refractivity contribution in [1.82, 2.24) is 20.4 Å². The molecule has 2 heterocycles. The number of rotatable bonds is 4. The second kappa shape index (κ2) is 5.29. The van der Waals surface area contributed by atoms with E-state index >= 15 is 0 Å². The highest BCUT2D eigenvalue weighted by molar-refractivity contribution is 5.80. The lowest BCUT2D eigenvalue weighted by molar-refractivity contribution is -0.125. The van der Waals surface area contributed by atoms with E-state index in [9.17, 15) is 4.79 Å². The van der Waals surface area contributed by atoms with Crippen LogP contribution < -0.4 is 10.6 Å². The number of nitrogens with one attached hydrogen (secondary N) is 2. The quantitative estimate of drug-likeness (QED) is 0.745. The molecule has 1 aromatic rings. The largest absolute Gasteiger partial charge is 0.378 e. The van der Waals surface area contributed by atoms with Crippen LogP contribution in [0.15, 0.2) is 18.5 Å². The van der Waals surface area contributed by atoms with E-state index in [1.807, 2.05) is 6.92 Å². The van der Waals surface area contributed by atoms with Crippen LogP contribution in [0.4, 0.5) is 0 Å². The molecule has 1 aromatic heterocycles. The molecule has 2 unspecified atom stereocenters. The molecular formula is C11H18N4O2. The predicted octanol–water partition coefficient (Wildman–Crippen LogP) is -0.453. The molecule has 6 heteroatoms. The van der Waals surface area contributed by atoms with Crippen molar-refractivity contribution < 1.29 is 9.53 Å². The fourth-order valence-corrected chi connectivity index (χ4v) is 1.98. The van der Waals surface area contributed by atoms with Gasteiger partial charge in [0.15, 0.2) is 0 Å². The lowest BCUT2D eigenvalue weighted by Crippen LogP contribution is -2.45. The summed E-state index contributed by atoms with van der Waals surface area (Å²) in [5.41, 5.74) is 0. The summed E-state index contributed by atoms with van der Waals surface area (Å²) in [5.74, 6) is -0.0375. The van der Waals surface area contributed by atoms with Crippen molar-refractivity contribution in [1.29, 1.82) is 0 Å². The zero-order chi connectivity index (χ0) is 12.3. The predicted molar refractivity (Wildman–Crippen MR) is 62.5 cm³/mol. The molecule has 94 valence electrons. The highest BCUT2D eigenvalue weighted by atomic mass is 16.5. The van der Waals surface area contributed by atoms with Gasteiger partial charge in [-0.2, -0.15) is 5.10 Å². The molecule has 1 aliphatic rings. The maximum absolute atomic E-state index is 12.0. The zero-order valence-corrected chi connectivity index (χ0v) is 10.1. The highest BCUT2D eigenvalue weighted by Gasteiger charge is 2.29. The molecule has 1 aliphatic heterocycles. The molecular weight excluding hydrogens is 220 g/mol. The molecule has 2 N–H and O–H groups in total. The van der Waals surface area contributed by atoms with Gasteiger partial charge >= 0.3 is 0 Å². The van der Waals surface area contributed by atoms with Crippen LogP contribution in [0.2, 0.25) is 0 Å². The Morgan fingerprint density at radius 1 is 1.65 bits per heavy atom. The molecule has 0 aliphatic carbocycles. The van der Waals surface area contributed by atoms with E-state index in [0.717, 1.165) is 13.1 Å². The van der Waals surface area contributed by atoms with E-state index in [0.29, 0.717) is 0 Å².